The molecule has 9 heterocycles. The van der Waals surface area contributed by atoms with Gasteiger partial charge in [-0.25, -0.2) is 0 Å². The minimum Gasteiger partial charge on any atom is -0.374 e. The van der Waals surface area contributed by atoms with Crippen molar-refractivity contribution < 1.29 is 0 Å². The fraction of sp³-hybridized carbons (Fsp3) is 1.00. The number of fused-ring (bicyclic) bond motifs is 22. The topological polar surface area (TPSA) is 201 Å². The van der Waals surface area contributed by atoms with E-state index in [2.05, 4.69) is 242 Å². The molecule has 9 fully saturated rings. The predicted octanol–water partition coefficient (Wildman–Crippen LogP) is -9.59. The average Bonchev–Trinajstić information content (AvgIpc) is 3.20. The maximum Gasteiger partial charge on any atom is 0.361 e. The molecule has 6 atom stereocenters. The first-order valence-electron chi connectivity index (χ1n) is 25.4. The van der Waals surface area contributed by atoms with Gasteiger partial charge in [-0.3, -0.25) is 0 Å². The second-order valence-electron chi connectivity index (χ2n) is 21.2. The van der Waals surface area contributed by atoms with Crippen LogP contribution in [-0.4, -0.2) is 229 Å². The summed E-state index contributed by atoms with van der Waals surface area (Å²) >= 11 is 0. The Morgan fingerprint density at radius 2 is 0.545 bits per heavy atom. The van der Waals surface area contributed by atoms with Crippen molar-refractivity contribution in [3.8, 4) is 0 Å². The van der Waals surface area contributed by atoms with E-state index in [4.69, 9.17) is 0 Å². The van der Waals surface area contributed by atoms with E-state index in [1.54, 1.807) is 0 Å². The summed E-state index contributed by atoms with van der Waals surface area (Å²) in [4.78, 5) is 0. The molecule has 12 bridgehead atoms. The van der Waals surface area contributed by atoms with Crippen LogP contribution in [0.25, 0.3) is 0 Å². The zero-order chi connectivity index (χ0) is 47.5. The molecule has 0 aliphatic carbocycles. The first kappa shape index (κ1) is 51.5. The molecule has 0 radical (unpaired) electrons. The van der Waals surface area contributed by atoms with E-state index in [0.717, 1.165) is 0 Å². The molecule has 66 heavy (non-hydrogen) atoms. The molecule has 0 saturated carbocycles. The zero-order valence-electron chi connectivity index (χ0n) is 43.3. The number of hydrogen-bond acceptors (Lipinski definition) is 24. The Morgan fingerprint density at radius 3 is 1.00 bits per heavy atom. The molecule has 0 aromatic carbocycles. The highest BCUT2D eigenvalue weighted by molar-refractivity contribution is 7.10. The monoisotopic (exact) mass is 885 g/mol. The van der Waals surface area contributed by atoms with Gasteiger partial charge in [0.05, 0.1) is 0 Å². The summed E-state index contributed by atoms with van der Waals surface area (Å²) in [5, 5.41) is 56.2. The smallest absolute Gasteiger partial charge is 0.361 e. The van der Waals surface area contributed by atoms with Crippen LogP contribution in [-0.2, 0) is 0 Å². The largest absolute Gasteiger partial charge is 0.374 e. The first-order chi connectivity index (χ1) is 31.2. The summed E-state index contributed by atoms with van der Waals surface area (Å²) in [5.41, 5.74) is 0. The van der Waals surface area contributed by atoms with E-state index in [1.165, 1.54) is 0 Å². The SMILES string of the molecule is CB1NB2NB(N1)N1B(C)NB(C)N(B1C)B1NB(C)N(C)B(C)N1B1NB(NB(C)N1C)N1B(C)NB(C)N(B3NB(C)NB(N3)N3B(C)NB(C)NB3N3B(C)NB(C)N2B3C)B1C. The van der Waals surface area contributed by atoms with Crippen LogP contribution in [0.3, 0.4) is 0 Å². The predicted molar refractivity (Wildman–Crippen MR) is 306 cm³/mol. The summed E-state index contributed by atoms with van der Waals surface area (Å²) < 4.78 is 25.7. The Kier molecular flexibility index (Phi) is 15.7. The number of rotatable bonds is 0. The zero-order valence-corrected chi connectivity index (χ0v) is 43.3. The van der Waals surface area contributed by atoms with E-state index >= 15 is 0 Å². The van der Waals surface area contributed by atoms with Crippen LogP contribution in [0.15, 0.2) is 0 Å². The van der Waals surface area contributed by atoms with Crippen LogP contribution >= 0.6 is 0 Å². The van der Waals surface area contributed by atoms with Crippen molar-refractivity contribution in [3.05, 3.63) is 0 Å². The molecule has 0 spiro atoms. The Labute approximate surface area is 408 Å². The van der Waals surface area contributed by atoms with Crippen LogP contribution in [0, 0.1) is 0 Å². The summed E-state index contributed by atoms with van der Waals surface area (Å²) in [6.45, 7) is 37.9. The summed E-state index contributed by atoms with van der Waals surface area (Å²) in [6, 6.07) is 0. The van der Waals surface area contributed by atoms with E-state index < -0.39 is 0 Å². The molecule has 9 rings (SSSR count). The van der Waals surface area contributed by atoms with Crippen molar-refractivity contribution in [1.29, 1.82) is 0 Å². The van der Waals surface area contributed by atoms with E-state index in [9.17, 15) is 0 Å². The van der Waals surface area contributed by atoms with Crippen molar-refractivity contribution in [3.63, 3.8) is 0 Å². The third-order valence-electron chi connectivity index (χ3n) is 16.9. The molecular formula is C18H68B24N24. The summed E-state index contributed by atoms with van der Waals surface area (Å²) in [7, 11) is 3.26. The molecule has 6 unspecified atom stereocenters. The quantitative estimate of drug-likeness (QED) is 0.102. The fourth-order valence-corrected chi connectivity index (χ4v) is 13.5. The minimum absolute atomic E-state index is 0.0121. The maximum atomic E-state index is 4.21. The molecule has 0 amide bonds. The summed E-state index contributed by atoms with van der Waals surface area (Å²) in [5.74, 6) is 0. The highest BCUT2D eigenvalue weighted by Crippen LogP contribution is 2.25. The molecule has 332 valence electrons. The van der Waals surface area contributed by atoms with Crippen molar-refractivity contribution in [2.75, 3.05) is 14.1 Å². The van der Waals surface area contributed by atoms with E-state index in [1.807, 2.05) is 0 Å². The molecular weight excluding hydrogens is 812 g/mol. The van der Waals surface area contributed by atoms with Gasteiger partial charge < -0.3 is 118 Å². The minimum atomic E-state index is -0.191. The standard InChI is InChI=1S/C18H68B24N24/c1-19-43-24(6)65-38-47-21(3)46-37(55-38)59-25(7)49-26(8)60(32(59)14)39-52-22(4)58(18)40(56-39)66-31(13)57(17)23(5)53-42(66)64-30(12)51-28(10)62(34(64)16)36-45-20(2)44-35(54-36)61-27(9)50-29(11)63(33(61)15)41(65)48-19/h43-56H,1-18H3. The Morgan fingerprint density at radius 1 is 0.212 bits per heavy atom. The normalized spacial score (nSPS) is 32.1. The van der Waals surface area contributed by atoms with Gasteiger partial charge in [0.1, 0.15) is 0 Å². The maximum absolute atomic E-state index is 4.21. The first-order valence-corrected chi connectivity index (χ1v) is 25.4. The van der Waals surface area contributed by atoms with Crippen LogP contribution in [0.5, 0.6) is 0 Å². The Hall–Kier alpha value is 0.598. The van der Waals surface area contributed by atoms with Gasteiger partial charge in [0.15, 0.2) is 0 Å². The molecule has 9 aliphatic heterocycles. The van der Waals surface area contributed by atoms with Gasteiger partial charge in [-0.2, -0.15) is 0 Å². The van der Waals surface area contributed by atoms with Gasteiger partial charge in [0.25, 0.3) is 112 Å². The Bertz CT molecular complexity index is 1690. The van der Waals surface area contributed by atoms with Crippen molar-refractivity contribution in [2.45, 2.75) is 109 Å². The lowest BCUT2D eigenvalue weighted by molar-refractivity contribution is 0.600. The molecule has 14 N–H and O–H groups in total. The van der Waals surface area contributed by atoms with Gasteiger partial charge in [-0.15, -0.1) is 0 Å². The molecule has 9 aliphatic rings. The fourth-order valence-electron chi connectivity index (χ4n) is 13.5. The second-order valence-corrected chi connectivity index (χ2v) is 21.2. The lowest BCUT2D eigenvalue weighted by Crippen LogP contribution is -2.97. The van der Waals surface area contributed by atoms with Crippen molar-refractivity contribution >= 4 is 169 Å². The number of nitrogens with one attached hydrogen (secondary N) is 14. The highest BCUT2D eigenvalue weighted by atomic mass is 15.4. The molecule has 9 saturated heterocycles. The third-order valence-corrected chi connectivity index (χ3v) is 16.9. The molecule has 0 aromatic rings. The lowest BCUT2D eigenvalue weighted by atomic mass is 9.32. The van der Waals surface area contributed by atoms with Gasteiger partial charge in [-0.1, -0.05) is 109 Å². The third kappa shape index (κ3) is 9.19. The van der Waals surface area contributed by atoms with Crippen LogP contribution < -0.4 is 71.9 Å². The Balaban J connectivity index is 1.17. The average molecular weight is 880 g/mol. The van der Waals surface area contributed by atoms with Crippen LogP contribution in [0.1, 0.15) is 0 Å². The molecule has 0 aromatic heterocycles. The van der Waals surface area contributed by atoms with Crippen LogP contribution in [0.2, 0.25) is 109 Å². The molecule has 24 nitrogen and oxygen atoms in total. The van der Waals surface area contributed by atoms with Gasteiger partial charge in [-0.05, 0) is 14.1 Å². The van der Waals surface area contributed by atoms with Gasteiger partial charge in [0, 0.05) is 0 Å². The van der Waals surface area contributed by atoms with Gasteiger partial charge in [0.2, 0.25) is 0 Å². The van der Waals surface area contributed by atoms with E-state index in [0.29, 0.717) is 0 Å². The van der Waals surface area contributed by atoms with Gasteiger partial charge >= 0.3 is 56.9 Å². The highest BCUT2D eigenvalue weighted by Gasteiger charge is 2.62. The number of nitrogens with zero attached hydrogens (tertiary/aromatic N) is 10. The number of hydrogen-bond donors (Lipinski definition) is 14. The second kappa shape index (κ2) is 20.1. The van der Waals surface area contributed by atoms with Crippen LogP contribution in [0.4, 0.5) is 0 Å². The summed E-state index contributed by atoms with van der Waals surface area (Å²) in [6.07, 6.45) is 0. The van der Waals surface area contributed by atoms with Crippen molar-refractivity contribution in [2.24, 2.45) is 0 Å². The van der Waals surface area contributed by atoms with E-state index in [-0.39, 0.29) is 169 Å². The van der Waals surface area contributed by atoms with Crippen molar-refractivity contribution in [1.82, 2.24) is 118 Å². The molecule has 48 heteroatoms. The lowest BCUT2D eigenvalue weighted by Gasteiger charge is -2.60.